The highest BCUT2D eigenvalue weighted by molar-refractivity contribution is 5.96. The number of rotatable bonds is 4. The molecule has 0 aliphatic carbocycles. The number of benzene rings is 1. The van der Waals surface area contributed by atoms with E-state index in [1.807, 2.05) is 6.92 Å². The van der Waals surface area contributed by atoms with Crippen LogP contribution in [0.5, 0.6) is 0 Å². The number of pyridine rings is 1. The Morgan fingerprint density at radius 3 is 2.67 bits per heavy atom. The Kier molecular flexibility index (Phi) is 5.16. The van der Waals surface area contributed by atoms with Crippen molar-refractivity contribution in [1.82, 2.24) is 15.2 Å². The highest BCUT2D eigenvalue weighted by Crippen LogP contribution is 2.29. The zero-order chi connectivity index (χ0) is 19.6. The average Bonchev–Trinajstić information content (AvgIpc) is 3.00. The van der Waals surface area contributed by atoms with Crippen LogP contribution < -0.4 is 5.32 Å². The van der Waals surface area contributed by atoms with Gasteiger partial charge in [0, 0.05) is 30.6 Å². The highest BCUT2D eigenvalue weighted by atomic mass is 19.4. The van der Waals surface area contributed by atoms with Gasteiger partial charge in [-0.1, -0.05) is 18.2 Å². The van der Waals surface area contributed by atoms with E-state index in [9.17, 15) is 22.8 Å². The summed E-state index contributed by atoms with van der Waals surface area (Å²) in [5.41, 5.74) is -0.146. The molecule has 0 saturated carbocycles. The monoisotopic (exact) mass is 377 g/mol. The minimum absolute atomic E-state index is 0.00952. The lowest BCUT2D eigenvalue weighted by molar-refractivity contribution is -0.141. The summed E-state index contributed by atoms with van der Waals surface area (Å²) in [6.45, 7) is 2.91. The summed E-state index contributed by atoms with van der Waals surface area (Å²) >= 11 is 0. The molecule has 5 nitrogen and oxygen atoms in total. The summed E-state index contributed by atoms with van der Waals surface area (Å²) in [6.07, 6.45) is -4.29. The summed E-state index contributed by atoms with van der Waals surface area (Å²) in [5, 5.41) is 2.80. The molecule has 0 bridgehead atoms. The van der Waals surface area contributed by atoms with Crippen molar-refractivity contribution >= 4 is 11.8 Å². The maximum Gasteiger partial charge on any atom is 0.433 e. The van der Waals surface area contributed by atoms with Crippen LogP contribution in [0, 0.1) is 0 Å². The lowest BCUT2D eigenvalue weighted by Gasteiger charge is -2.15. The number of nitrogens with zero attached hydrogens (tertiary/aromatic N) is 2. The van der Waals surface area contributed by atoms with Gasteiger partial charge in [-0.25, -0.2) is 4.98 Å². The Hall–Kier alpha value is -2.90. The molecule has 27 heavy (non-hydrogen) atoms. The van der Waals surface area contributed by atoms with Crippen LogP contribution in [-0.2, 0) is 11.0 Å². The van der Waals surface area contributed by atoms with Gasteiger partial charge in [0.15, 0.2) is 0 Å². The molecule has 1 N–H and O–H groups in total. The Morgan fingerprint density at radius 1 is 1.26 bits per heavy atom. The molecule has 1 fully saturated rings. The van der Waals surface area contributed by atoms with Crippen LogP contribution in [0.3, 0.4) is 0 Å². The number of alkyl halides is 3. The number of halogens is 3. The molecule has 1 saturated heterocycles. The summed E-state index contributed by atoms with van der Waals surface area (Å²) in [6, 6.07) is 9.60. The number of aromatic nitrogens is 1. The lowest BCUT2D eigenvalue weighted by atomic mass is 10.1. The minimum Gasteiger partial charge on any atom is -0.347 e. The third-order valence-electron chi connectivity index (χ3n) is 4.39. The molecule has 0 unspecified atom stereocenters. The third-order valence-corrected chi connectivity index (χ3v) is 4.39. The Morgan fingerprint density at radius 2 is 2.00 bits per heavy atom. The zero-order valence-corrected chi connectivity index (χ0v) is 14.6. The molecule has 1 atom stereocenters. The lowest BCUT2D eigenvalue weighted by Crippen LogP contribution is -2.37. The maximum absolute atomic E-state index is 12.9. The van der Waals surface area contributed by atoms with E-state index in [1.165, 1.54) is 18.2 Å². The van der Waals surface area contributed by atoms with Crippen LogP contribution in [0.25, 0.3) is 11.3 Å². The SMILES string of the molecule is CCN1C[C@H](NC(=O)c2cccc(-c3cccc(C(F)(F)F)n3)c2)CC1=O. The van der Waals surface area contributed by atoms with Gasteiger partial charge in [-0.15, -0.1) is 0 Å². The molecule has 8 heteroatoms. The number of nitrogens with one attached hydrogen (secondary N) is 1. The molecular weight excluding hydrogens is 359 g/mol. The van der Waals surface area contributed by atoms with Gasteiger partial charge in [-0.05, 0) is 31.2 Å². The van der Waals surface area contributed by atoms with E-state index in [0.29, 0.717) is 24.2 Å². The first-order chi connectivity index (χ1) is 12.8. The van der Waals surface area contributed by atoms with Gasteiger partial charge >= 0.3 is 6.18 Å². The highest BCUT2D eigenvalue weighted by Gasteiger charge is 2.32. The van der Waals surface area contributed by atoms with Crippen molar-refractivity contribution in [3.8, 4) is 11.3 Å². The molecule has 1 aromatic carbocycles. The molecule has 3 rings (SSSR count). The fourth-order valence-corrected chi connectivity index (χ4v) is 3.02. The molecule has 1 aliphatic heterocycles. The largest absolute Gasteiger partial charge is 0.433 e. The summed E-state index contributed by atoms with van der Waals surface area (Å²) in [4.78, 5) is 29.5. The zero-order valence-electron chi connectivity index (χ0n) is 14.6. The topological polar surface area (TPSA) is 62.3 Å². The normalized spacial score (nSPS) is 17.3. The first kappa shape index (κ1) is 18.9. The number of likely N-dealkylation sites (tertiary alicyclic amines) is 1. The molecule has 1 aromatic heterocycles. The Balaban J connectivity index is 1.78. The second-order valence-corrected chi connectivity index (χ2v) is 6.29. The quantitative estimate of drug-likeness (QED) is 0.891. The summed E-state index contributed by atoms with van der Waals surface area (Å²) < 4.78 is 38.6. The molecule has 142 valence electrons. The number of carbonyl (C=O) groups excluding carboxylic acids is 2. The molecule has 0 radical (unpaired) electrons. The fourth-order valence-electron chi connectivity index (χ4n) is 3.02. The van der Waals surface area contributed by atoms with Crippen molar-refractivity contribution in [2.24, 2.45) is 0 Å². The number of hydrogen-bond acceptors (Lipinski definition) is 3. The molecule has 2 heterocycles. The van der Waals surface area contributed by atoms with Crippen LogP contribution in [-0.4, -0.2) is 40.8 Å². The van der Waals surface area contributed by atoms with Gasteiger partial charge in [0.1, 0.15) is 5.69 Å². The minimum atomic E-state index is -4.54. The van der Waals surface area contributed by atoms with Gasteiger partial charge in [0.05, 0.1) is 11.7 Å². The first-order valence-corrected chi connectivity index (χ1v) is 8.51. The van der Waals surface area contributed by atoms with E-state index in [1.54, 1.807) is 23.1 Å². The molecule has 2 amide bonds. The van der Waals surface area contributed by atoms with Crippen molar-refractivity contribution in [3.05, 3.63) is 53.7 Å². The predicted molar refractivity (Wildman–Crippen MR) is 92.8 cm³/mol. The van der Waals surface area contributed by atoms with Crippen LogP contribution in [0.2, 0.25) is 0 Å². The fraction of sp³-hybridized carbons (Fsp3) is 0.316. The summed E-state index contributed by atoms with van der Waals surface area (Å²) in [5.74, 6) is -0.385. The van der Waals surface area contributed by atoms with Gasteiger partial charge in [0.2, 0.25) is 5.91 Å². The van der Waals surface area contributed by atoms with Crippen LogP contribution in [0.15, 0.2) is 42.5 Å². The molecule has 0 spiro atoms. The van der Waals surface area contributed by atoms with Crippen LogP contribution in [0.4, 0.5) is 13.2 Å². The average molecular weight is 377 g/mol. The number of likely N-dealkylation sites (N-methyl/N-ethyl adjacent to an activating group) is 1. The summed E-state index contributed by atoms with van der Waals surface area (Å²) in [7, 11) is 0. The van der Waals surface area contributed by atoms with E-state index in [-0.39, 0.29) is 30.0 Å². The van der Waals surface area contributed by atoms with Crippen molar-refractivity contribution in [1.29, 1.82) is 0 Å². The standard InChI is InChI=1S/C19H18F3N3O2/c1-2-25-11-14(10-17(25)26)23-18(27)13-6-3-5-12(9-13)15-7-4-8-16(24-15)19(20,21)22/h3-9,14H,2,10-11H2,1H3,(H,23,27)/t14-/m1/s1. The van der Waals surface area contributed by atoms with Crippen molar-refractivity contribution in [3.63, 3.8) is 0 Å². The van der Waals surface area contributed by atoms with E-state index < -0.39 is 11.9 Å². The van der Waals surface area contributed by atoms with Gasteiger partial charge in [0.25, 0.3) is 5.91 Å². The second kappa shape index (κ2) is 7.38. The van der Waals surface area contributed by atoms with Crippen molar-refractivity contribution in [2.45, 2.75) is 25.6 Å². The number of hydrogen-bond donors (Lipinski definition) is 1. The number of carbonyl (C=O) groups is 2. The second-order valence-electron chi connectivity index (χ2n) is 6.29. The van der Waals surface area contributed by atoms with E-state index >= 15 is 0 Å². The van der Waals surface area contributed by atoms with E-state index in [2.05, 4.69) is 10.3 Å². The van der Waals surface area contributed by atoms with Gasteiger partial charge in [-0.2, -0.15) is 13.2 Å². The first-order valence-electron chi connectivity index (χ1n) is 8.51. The van der Waals surface area contributed by atoms with Gasteiger partial charge in [-0.3, -0.25) is 9.59 Å². The Bertz CT molecular complexity index is 867. The van der Waals surface area contributed by atoms with Gasteiger partial charge < -0.3 is 10.2 Å². The van der Waals surface area contributed by atoms with E-state index in [4.69, 9.17) is 0 Å². The third kappa shape index (κ3) is 4.27. The van der Waals surface area contributed by atoms with Crippen molar-refractivity contribution < 1.29 is 22.8 Å². The van der Waals surface area contributed by atoms with Crippen LogP contribution >= 0.6 is 0 Å². The van der Waals surface area contributed by atoms with Crippen LogP contribution in [0.1, 0.15) is 29.4 Å². The predicted octanol–water partition coefficient (Wildman–Crippen LogP) is 3.12. The molecular formula is C19H18F3N3O2. The smallest absolute Gasteiger partial charge is 0.347 e. The number of amides is 2. The maximum atomic E-state index is 12.9. The molecule has 1 aliphatic rings. The van der Waals surface area contributed by atoms with E-state index in [0.717, 1.165) is 6.07 Å². The van der Waals surface area contributed by atoms with Crippen molar-refractivity contribution in [2.75, 3.05) is 13.1 Å². The molecule has 2 aromatic rings. The Labute approximate surface area is 154 Å².